The van der Waals surface area contributed by atoms with E-state index in [0.717, 1.165) is 34.8 Å². The summed E-state index contributed by atoms with van der Waals surface area (Å²) in [6.45, 7) is 0.333. The number of halogens is 5. The Balaban J connectivity index is 1.62. The molecule has 0 aliphatic heterocycles. The normalized spacial score (nSPS) is 12.1. The number of methoxy groups -OCH3 is 1. The van der Waals surface area contributed by atoms with Gasteiger partial charge in [0.05, 0.1) is 22.8 Å². The van der Waals surface area contributed by atoms with Crippen molar-refractivity contribution in [2.45, 2.75) is 17.5 Å². The quantitative estimate of drug-likeness (QED) is 0.205. The Morgan fingerprint density at radius 1 is 1.03 bits per heavy atom. The van der Waals surface area contributed by atoms with E-state index in [1.165, 1.54) is 37.4 Å². The summed E-state index contributed by atoms with van der Waals surface area (Å²) < 4.78 is 98.7. The number of benzene rings is 2. The second kappa shape index (κ2) is 10.9. The van der Waals surface area contributed by atoms with Crippen molar-refractivity contribution in [2.24, 2.45) is 0 Å². The van der Waals surface area contributed by atoms with Crippen LogP contribution in [-0.4, -0.2) is 43.3 Å². The van der Waals surface area contributed by atoms with Gasteiger partial charge in [-0.3, -0.25) is 0 Å². The molecule has 0 spiro atoms. The molecule has 0 aliphatic carbocycles. The van der Waals surface area contributed by atoms with Crippen molar-refractivity contribution in [3.63, 3.8) is 0 Å². The van der Waals surface area contributed by atoms with Gasteiger partial charge in [0, 0.05) is 30.8 Å². The number of aromatic nitrogens is 3. The van der Waals surface area contributed by atoms with Gasteiger partial charge in [0.25, 0.3) is 6.43 Å². The maximum absolute atomic E-state index is 13.8. The van der Waals surface area contributed by atoms with E-state index in [2.05, 4.69) is 26.6 Å². The van der Waals surface area contributed by atoms with Gasteiger partial charge >= 0.3 is 6.18 Å². The monoisotopic (exact) mass is 550 g/mol. The van der Waals surface area contributed by atoms with Crippen LogP contribution in [0, 0.1) is 11.8 Å². The first kappa shape index (κ1) is 27.2. The van der Waals surface area contributed by atoms with E-state index in [4.69, 9.17) is 4.74 Å². The Kier molecular flexibility index (Phi) is 7.77. The molecular formula is C25H19F5N4O3S. The van der Waals surface area contributed by atoms with Crippen molar-refractivity contribution >= 4 is 15.7 Å². The highest BCUT2D eigenvalue weighted by atomic mass is 32.2. The number of hydrogen-bond acceptors (Lipinski definition) is 5. The Labute approximate surface area is 214 Å². The van der Waals surface area contributed by atoms with Crippen molar-refractivity contribution in [1.29, 1.82) is 0 Å². The minimum atomic E-state index is -4.53. The number of alkyl halides is 5. The van der Waals surface area contributed by atoms with Crippen molar-refractivity contribution < 1.29 is 35.1 Å². The third-order valence-corrected chi connectivity index (χ3v) is 6.76. The summed E-state index contributed by atoms with van der Waals surface area (Å²) in [6, 6.07) is 12.2. The summed E-state index contributed by atoms with van der Waals surface area (Å²) in [6.07, 6.45) is -7.47. The van der Waals surface area contributed by atoms with Crippen LogP contribution in [0.25, 0.3) is 16.9 Å². The molecule has 0 amide bonds. The maximum atomic E-state index is 13.8. The molecule has 2 heterocycles. The number of nitrogens with one attached hydrogen (secondary N) is 1. The molecule has 1 N–H and O–H groups in total. The largest absolute Gasteiger partial charge is 0.416 e. The zero-order valence-electron chi connectivity index (χ0n) is 19.6. The average Bonchev–Trinajstić information content (AvgIpc) is 3.29. The summed E-state index contributed by atoms with van der Waals surface area (Å²) in [5.41, 5.74) is -0.502. The molecule has 38 heavy (non-hydrogen) atoms. The van der Waals surface area contributed by atoms with Crippen LogP contribution >= 0.6 is 0 Å². The van der Waals surface area contributed by atoms with E-state index in [-0.39, 0.29) is 40.6 Å². The third-order valence-electron chi connectivity index (χ3n) is 5.28. The third kappa shape index (κ3) is 6.16. The van der Waals surface area contributed by atoms with Gasteiger partial charge in [0.1, 0.15) is 11.4 Å². The summed E-state index contributed by atoms with van der Waals surface area (Å²) in [5, 5.41) is 4.06. The fraction of sp³-hybridized carbons (Fsp3) is 0.200. The van der Waals surface area contributed by atoms with Gasteiger partial charge < -0.3 is 4.74 Å². The highest BCUT2D eigenvalue weighted by Crippen LogP contribution is 2.31. The zero-order valence-corrected chi connectivity index (χ0v) is 20.4. The van der Waals surface area contributed by atoms with E-state index in [1.807, 2.05) is 0 Å². The van der Waals surface area contributed by atoms with Crippen LogP contribution in [0.2, 0.25) is 0 Å². The predicted octanol–water partition coefficient (Wildman–Crippen LogP) is 4.68. The Morgan fingerprint density at radius 2 is 1.71 bits per heavy atom. The van der Waals surface area contributed by atoms with Crippen LogP contribution in [0.5, 0.6) is 0 Å². The fourth-order valence-corrected chi connectivity index (χ4v) is 4.42. The molecule has 0 saturated heterocycles. The molecule has 0 radical (unpaired) electrons. The molecule has 4 rings (SSSR count). The van der Waals surface area contributed by atoms with Crippen molar-refractivity contribution in [2.75, 3.05) is 20.3 Å². The van der Waals surface area contributed by atoms with E-state index in [0.29, 0.717) is 5.56 Å². The van der Waals surface area contributed by atoms with Gasteiger partial charge in [-0.2, -0.15) is 18.3 Å². The molecule has 4 aromatic rings. The molecule has 0 aliphatic rings. The lowest BCUT2D eigenvalue weighted by Crippen LogP contribution is -2.27. The van der Waals surface area contributed by atoms with Gasteiger partial charge in [-0.15, -0.1) is 0 Å². The summed E-state index contributed by atoms with van der Waals surface area (Å²) >= 11 is 0. The fourth-order valence-electron chi connectivity index (χ4n) is 3.41. The lowest BCUT2D eigenvalue weighted by Gasteiger charge is -2.09. The van der Waals surface area contributed by atoms with Gasteiger partial charge in [0.15, 0.2) is 5.65 Å². The molecule has 2 aromatic heterocycles. The van der Waals surface area contributed by atoms with E-state index in [9.17, 15) is 30.4 Å². The molecule has 7 nitrogen and oxygen atoms in total. The summed E-state index contributed by atoms with van der Waals surface area (Å²) in [4.78, 5) is 4.30. The Morgan fingerprint density at radius 3 is 2.32 bits per heavy atom. The number of sulfonamides is 1. The van der Waals surface area contributed by atoms with Crippen molar-refractivity contribution in [3.05, 3.63) is 83.2 Å². The molecule has 0 saturated carbocycles. The maximum Gasteiger partial charge on any atom is 0.416 e. The Bertz CT molecular complexity index is 1610. The lowest BCUT2D eigenvalue weighted by molar-refractivity contribution is -0.137. The van der Waals surface area contributed by atoms with Crippen molar-refractivity contribution in [1.82, 2.24) is 19.3 Å². The molecule has 0 unspecified atom stereocenters. The van der Waals surface area contributed by atoms with Crippen LogP contribution in [-0.2, 0) is 20.9 Å². The van der Waals surface area contributed by atoms with Crippen molar-refractivity contribution in [3.8, 4) is 23.1 Å². The second-order valence-electron chi connectivity index (χ2n) is 7.91. The van der Waals surface area contributed by atoms with Crippen LogP contribution in [0.1, 0.15) is 28.9 Å². The first-order chi connectivity index (χ1) is 18.0. The highest BCUT2D eigenvalue weighted by molar-refractivity contribution is 7.89. The Hall–Kier alpha value is -3.86. The topological polar surface area (TPSA) is 85.6 Å². The lowest BCUT2D eigenvalue weighted by atomic mass is 10.1. The van der Waals surface area contributed by atoms with E-state index >= 15 is 0 Å². The van der Waals surface area contributed by atoms with Gasteiger partial charge in [-0.1, -0.05) is 18.1 Å². The first-order valence-electron chi connectivity index (χ1n) is 10.9. The van der Waals surface area contributed by atoms with Crippen LogP contribution in [0.4, 0.5) is 22.0 Å². The zero-order chi connectivity index (χ0) is 27.5. The molecule has 13 heteroatoms. The van der Waals surface area contributed by atoms with Crippen LogP contribution < -0.4 is 4.72 Å². The highest BCUT2D eigenvalue weighted by Gasteiger charge is 2.30. The molecular weight excluding hydrogens is 531 g/mol. The smallest absolute Gasteiger partial charge is 0.383 e. The molecule has 2 aromatic carbocycles. The number of ether oxygens (including phenoxy) is 1. The molecule has 0 fully saturated rings. The standard InChI is InChI=1S/C25H19F5N4O3S/c1-37-13-12-31-38(35,36)20-10-3-16(4-11-20)2-9-19-14-23-32-21(15-22(24(26)27)34(23)33-19)17-5-7-18(8-6-17)25(28,29)30/h3-8,10-11,14-15,24,31H,12-13H2,1H3. The number of nitrogens with zero attached hydrogens (tertiary/aromatic N) is 3. The van der Waals surface area contributed by atoms with Gasteiger partial charge in [0.2, 0.25) is 10.0 Å². The minimum Gasteiger partial charge on any atom is -0.383 e. The predicted molar refractivity (Wildman–Crippen MR) is 128 cm³/mol. The van der Waals surface area contributed by atoms with Crippen LogP contribution in [0.3, 0.4) is 0 Å². The SMILES string of the molecule is COCCNS(=O)(=O)c1ccc(C#Cc2cc3nc(-c4ccc(C(F)(F)F)cc4)cc(C(F)F)n3n2)cc1. The van der Waals surface area contributed by atoms with E-state index < -0.39 is 33.9 Å². The number of rotatable bonds is 7. The summed E-state index contributed by atoms with van der Waals surface area (Å²) in [5.74, 6) is 5.51. The van der Waals surface area contributed by atoms with E-state index in [1.54, 1.807) is 0 Å². The first-order valence-corrected chi connectivity index (χ1v) is 12.4. The molecule has 198 valence electrons. The van der Waals surface area contributed by atoms with Gasteiger partial charge in [-0.05, 0) is 48.4 Å². The van der Waals surface area contributed by atoms with Gasteiger partial charge in [-0.25, -0.2) is 31.4 Å². The average molecular weight is 551 g/mol. The molecule has 0 bridgehead atoms. The minimum absolute atomic E-state index is 0.0329. The molecule has 0 atom stereocenters. The second-order valence-corrected chi connectivity index (χ2v) is 9.67. The number of fused-ring (bicyclic) bond motifs is 1. The number of hydrogen-bond donors (Lipinski definition) is 1. The summed E-state index contributed by atoms with van der Waals surface area (Å²) in [7, 11) is -2.26. The van der Waals surface area contributed by atoms with Crippen LogP contribution in [0.15, 0.2) is 65.6 Å².